The van der Waals surface area contributed by atoms with Crippen molar-refractivity contribution in [3.05, 3.63) is 54.3 Å². The molecule has 0 bridgehead atoms. The van der Waals surface area contributed by atoms with Gasteiger partial charge in [0.25, 0.3) is 0 Å². The van der Waals surface area contributed by atoms with Crippen LogP contribution >= 0.6 is 0 Å². The second-order valence-corrected chi connectivity index (χ2v) is 5.83. The molecule has 0 saturated carbocycles. The molecule has 3 heteroatoms. The SMILES string of the molecule is Cc1oc2ccc(-c3ccccc3)cc2c1[S@](C)=O. The molecule has 19 heavy (non-hydrogen) atoms. The van der Waals surface area contributed by atoms with Crippen molar-refractivity contribution in [2.75, 3.05) is 6.26 Å². The number of fused-ring (bicyclic) bond motifs is 1. The minimum Gasteiger partial charge on any atom is -0.460 e. The van der Waals surface area contributed by atoms with E-state index in [2.05, 4.69) is 18.2 Å². The molecule has 0 aliphatic carbocycles. The van der Waals surface area contributed by atoms with Gasteiger partial charge in [0, 0.05) is 11.6 Å². The van der Waals surface area contributed by atoms with E-state index in [0.717, 1.165) is 32.8 Å². The van der Waals surface area contributed by atoms with Crippen LogP contribution in [0.15, 0.2) is 57.8 Å². The summed E-state index contributed by atoms with van der Waals surface area (Å²) in [5.41, 5.74) is 3.05. The number of aryl methyl sites for hydroxylation is 1. The van der Waals surface area contributed by atoms with E-state index in [0.29, 0.717) is 0 Å². The van der Waals surface area contributed by atoms with Crippen LogP contribution in [-0.4, -0.2) is 10.5 Å². The predicted molar refractivity (Wildman–Crippen MR) is 78.7 cm³/mol. The first kappa shape index (κ1) is 12.2. The zero-order valence-electron chi connectivity index (χ0n) is 10.8. The van der Waals surface area contributed by atoms with E-state index in [9.17, 15) is 4.21 Å². The highest BCUT2D eigenvalue weighted by molar-refractivity contribution is 7.84. The third-order valence-corrected chi connectivity index (χ3v) is 4.28. The normalized spacial score (nSPS) is 12.7. The van der Waals surface area contributed by atoms with Gasteiger partial charge in [-0.05, 0) is 30.2 Å². The molecule has 96 valence electrons. The van der Waals surface area contributed by atoms with Crippen molar-refractivity contribution in [3.63, 3.8) is 0 Å². The minimum atomic E-state index is -1.04. The lowest BCUT2D eigenvalue weighted by atomic mass is 10.0. The molecule has 0 N–H and O–H groups in total. The Hall–Kier alpha value is -1.87. The van der Waals surface area contributed by atoms with E-state index in [4.69, 9.17) is 4.42 Å². The van der Waals surface area contributed by atoms with Crippen LogP contribution in [0, 0.1) is 6.92 Å². The third kappa shape index (κ3) is 2.10. The second-order valence-electron chi connectivity index (χ2n) is 4.52. The Labute approximate surface area is 114 Å². The molecule has 2 aromatic carbocycles. The van der Waals surface area contributed by atoms with E-state index < -0.39 is 10.8 Å². The molecule has 3 rings (SSSR count). The third-order valence-electron chi connectivity index (χ3n) is 3.20. The summed E-state index contributed by atoms with van der Waals surface area (Å²) < 4.78 is 17.5. The zero-order valence-corrected chi connectivity index (χ0v) is 11.7. The molecular formula is C16H14O2S. The largest absolute Gasteiger partial charge is 0.460 e. The Balaban J connectivity index is 2.25. The predicted octanol–water partition coefficient (Wildman–Crippen LogP) is 4.15. The van der Waals surface area contributed by atoms with E-state index >= 15 is 0 Å². The van der Waals surface area contributed by atoms with Gasteiger partial charge in [-0.15, -0.1) is 0 Å². The van der Waals surface area contributed by atoms with Gasteiger partial charge in [-0.2, -0.15) is 0 Å². The lowest BCUT2D eigenvalue weighted by Crippen LogP contribution is -1.88. The van der Waals surface area contributed by atoms with Gasteiger partial charge in [-0.3, -0.25) is 4.21 Å². The maximum atomic E-state index is 11.8. The maximum Gasteiger partial charge on any atom is 0.135 e. The molecule has 1 heterocycles. The van der Waals surface area contributed by atoms with Crippen molar-refractivity contribution in [2.45, 2.75) is 11.8 Å². The van der Waals surface area contributed by atoms with Gasteiger partial charge < -0.3 is 4.42 Å². The number of hydrogen-bond acceptors (Lipinski definition) is 2. The van der Waals surface area contributed by atoms with Gasteiger partial charge in [0.05, 0.1) is 15.7 Å². The Kier molecular flexibility index (Phi) is 2.99. The molecule has 3 aromatic rings. The standard InChI is InChI=1S/C16H14O2S/c1-11-16(19(2)17)14-10-13(8-9-15(14)18-11)12-6-4-3-5-7-12/h3-10H,1-2H3/t19-/m0/s1. The molecule has 0 amide bonds. The minimum absolute atomic E-state index is 0.737. The Bertz CT molecular complexity index is 757. The Morgan fingerprint density at radius 3 is 2.42 bits per heavy atom. The highest BCUT2D eigenvalue weighted by Crippen LogP contribution is 2.31. The first-order valence-electron chi connectivity index (χ1n) is 6.09. The van der Waals surface area contributed by atoms with Crippen molar-refractivity contribution in [2.24, 2.45) is 0 Å². The number of benzene rings is 2. The van der Waals surface area contributed by atoms with Crippen molar-refractivity contribution in [3.8, 4) is 11.1 Å². The number of furan rings is 1. The fraction of sp³-hybridized carbons (Fsp3) is 0.125. The summed E-state index contributed by atoms with van der Waals surface area (Å²) in [7, 11) is -1.04. The molecule has 0 aliphatic heterocycles. The fourth-order valence-corrected chi connectivity index (χ4v) is 3.28. The van der Waals surface area contributed by atoms with Gasteiger partial charge in [-0.25, -0.2) is 0 Å². The average Bonchev–Trinajstić information content (AvgIpc) is 2.74. The van der Waals surface area contributed by atoms with Crippen LogP contribution < -0.4 is 0 Å². The molecule has 0 unspecified atom stereocenters. The highest BCUT2D eigenvalue weighted by atomic mass is 32.2. The first-order chi connectivity index (χ1) is 9.16. The summed E-state index contributed by atoms with van der Waals surface area (Å²) in [6.07, 6.45) is 1.69. The van der Waals surface area contributed by atoms with E-state index in [1.807, 2.05) is 37.3 Å². The lowest BCUT2D eigenvalue weighted by molar-refractivity contribution is 0.566. The van der Waals surface area contributed by atoms with Crippen molar-refractivity contribution < 1.29 is 8.63 Å². The molecule has 0 fully saturated rings. The summed E-state index contributed by atoms with van der Waals surface area (Å²) in [6.45, 7) is 1.86. The molecule has 0 radical (unpaired) electrons. The van der Waals surface area contributed by atoms with Gasteiger partial charge >= 0.3 is 0 Å². The second kappa shape index (κ2) is 4.67. The average molecular weight is 270 g/mol. The lowest BCUT2D eigenvalue weighted by Gasteiger charge is -2.01. The summed E-state index contributed by atoms with van der Waals surface area (Å²) in [5, 5.41) is 0.944. The van der Waals surface area contributed by atoms with Crippen LogP contribution in [-0.2, 0) is 10.8 Å². The molecule has 0 saturated heterocycles. The topological polar surface area (TPSA) is 30.2 Å². The Morgan fingerprint density at radius 1 is 1.00 bits per heavy atom. The molecule has 1 atom stereocenters. The van der Waals surface area contributed by atoms with Gasteiger partial charge in [-0.1, -0.05) is 36.4 Å². The summed E-state index contributed by atoms with van der Waals surface area (Å²) >= 11 is 0. The quantitative estimate of drug-likeness (QED) is 0.700. The summed E-state index contributed by atoms with van der Waals surface area (Å²) in [6, 6.07) is 16.2. The Morgan fingerprint density at radius 2 is 1.74 bits per heavy atom. The van der Waals surface area contributed by atoms with Crippen LogP contribution in [0.2, 0.25) is 0 Å². The van der Waals surface area contributed by atoms with Crippen LogP contribution in [0.1, 0.15) is 5.76 Å². The fourth-order valence-electron chi connectivity index (χ4n) is 2.36. The van der Waals surface area contributed by atoms with Crippen molar-refractivity contribution >= 4 is 21.8 Å². The summed E-state index contributed by atoms with van der Waals surface area (Å²) in [4.78, 5) is 0.799. The maximum absolute atomic E-state index is 11.8. The van der Waals surface area contributed by atoms with Crippen LogP contribution in [0.4, 0.5) is 0 Å². The number of hydrogen-bond donors (Lipinski definition) is 0. The zero-order chi connectivity index (χ0) is 13.4. The molecule has 2 nitrogen and oxygen atoms in total. The van der Waals surface area contributed by atoms with Gasteiger partial charge in [0.2, 0.25) is 0 Å². The smallest absolute Gasteiger partial charge is 0.135 e. The summed E-state index contributed by atoms with van der Waals surface area (Å²) in [5.74, 6) is 0.737. The van der Waals surface area contributed by atoms with E-state index in [1.165, 1.54) is 0 Å². The van der Waals surface area contributed by atoms with Gasteiger partial charge in [0.15, 0.2) is 0 Å². The van der Waals surface area contributed by atoms with Crippen LogP contribution in [0.25, 0.3) is 22.1 Å². The van der Waals surface area contributed by atoms with Crippen molar-refractivity contribution in [1.82, 2.24) is 0 Å². The molecular weight excluding hydrogens is 256 g/mol. The monoisotopic (exact) mass is 270 g/mol. The highest BCUT2D eigenvalue weighted by Gasteiger charge is 2.14. The van der Waals surface area contributed by atoms with Gasteiger partial charge in [0.1, 0.15) is 11.3 Å². The van der Waals surface area contributed by atoms with E-state index in [-0.39, 0.29) is 0 Å². The molecule has 0 spiro atoms. The molecule has 0 aliphatic rings. The van der Waals surface area contributed by atoms with Crippen LogP contribution in [0.3, 0.4) is 0 Å². The number of rotatable bonds is 2. The first-order valence-corrected chi connectivity index (χ1v) is 7.64. The van der Waals surface area contributed by atoms with Crippen LogP contribution in [0.5, 0.6) is 0 Å². The van der Waals surface area contributed by atoms with Crippen molar-refractivity contribution in [1.29, 1.82) is 0 Å². The van der Waals surface area contributed by atoms with E-state index in [1.54, 1.807) is 6.26 Å². The molecule has 1 aromatic heterocycles.